The van der Waals surface area contributed by atoms with E-state index in [2.05, 4.69) is 21.1 Å². The first-order valence-electron chi connectivity index (χ1n) is 11.4. The number of carbonyl (C=O) groups is 1. The van der Waals surface area contributed by atoms with E-state index in [1.165, 1.54) is 4.68 Å². The number of hydrogen-bond donors (Lipinski definition) is 0. The van der Waals surface area contributed by atoms with Crippen molar-refractivity contribution in [3.63, 3.8) is 0 Å². The molecular weight excluding hydrogens is 464 g/mol. The first-order valence-corrected chi connectivity index (χ1v) is 11.8. The maximum absolute atomic E-state index is 13.7. The van der Waals surface area contributed by atoms with Crippen LogP contribution in [0.5, 0.6) is 0 Å². The van der Waals surface area contributed by atoms with Crippen molar-refractivity contribution >= 4 is 34.1 Å². The summed E-state index contributed by atoms with van der Waals surface area (Å²) in [7, 11) is 1.73. The molecule has 1 aliphatic heterocycles. The highest BCUT2D eigenvalue weighted by molar-refractivity contribution is 6.30. The summed E-state index contributed by atoms with van der Waals surface area (Å²) in [6.07, 6.45) is 5.59. The standard InChI is InChI=1S/C26H21ClN6O2/c1-32-12-24(23(9-28)31-32)33(26(34)17-5-7-21(29-10-17)16-3-4-16)11-15-2-6-18-19-13-35-14-20(19)25(27)30-22(18)8-15/h2,5-8,10,12,16H,3-4,11,13-14H2,1H3. The number of hydrogen-bond acceptors (Lipinski definition) is 6. The number of halogens is 1. The molecular formula is C26H21ClN6O2. The predicted octanol–water partition coefficient (Wildman–Crippen LogP) is 4.64. The largest absolute Gasteiger partial charge is 0.372 e. The molecule has 2 aliphatic rings. The Labute approximate surface area is 206 Å². The highest BCUT2D eigenvalue weighted by Crippen LogP contribution is 2.39. The van der Waals surface area contributed by atoms with E-state index in [-0.39, 0.29) is 18.1 Å². The number of amides is 1. The molecule has 6 rings (SSSR count). The van der Waals surface area contributed by atoms with E-state index < -0.39 is 0 Å². The van der Waals surface area contributed by atoms with E-state index in [0.29, 0.717) is 35.5 Å². The monoisotopic (exact) mass is 484 g/mol. The summed E-state index contributed by atoms with van der Waals surface area (Å²) in [6.45, 7) is 1.20. The number of aromatic nitrogens is 4. The Bertz CT molecular complexity index is 1520. The lowest BCUT2D eigenvalue weighted by atomic mass is 10.0. The van der Waals surface area contributed by atoms with Crippen molar-refractivity contribution in [3.05, 3.63) is 81.5 Å². The van der Waals surface area contributed by atoms with Crippen LogP contribution in [0.1, 0.15) is 57.2 Å². The Morgan fingerprint density at radius 3 is 2.83 bits per heavy atom. The van der Waals surface area contributed by atoms with E-state index in [1.54, 1.807) is 24.3 Å². The van der Waals surface area contributed by atoms with Crippen LogP contribution in [-0.4, -0.2) is 25.7 Å². The number of nitriles is 1. The molecule has 1 saturated carbocycles. The third-order valence-corrected chi connectivity index (χ3v) is 6.85. The van der Waals surface area contributed by atoms with Gasteiger partial charge in [-0.1, -0.05) is 23.7 Å². The second-order valence-electron chi connectivity index (χ2n) is 8.99. The summed E-state index contributed by atoms with van der Waals surface area (Å²) in [5.74, 6) is 0.250. The summed E-state index contributed by atoms with van der Waals surface area (Å²) < 4.78 is 7.10. The average molecular weight is 485 g/mol. The van der Waals surface area contributed by atoms with Gasteiger partial charge in [0.15, 0.2) is 5.69 Å². The van der Waals surface area contributed by atoms with Crippen LogP contribution in [0.3, 0.4) is 0 Å². The molecule has 0 unspecified atom stereocenters. The molecule has 9 heteroatoms. The molecule has 4 heterocycles. The zero-order valence-corrected chi connectivity index (χ0v) is 19.8. The average Bonchev–Trinajstić information content (AvgIpc) is 3.47. The van der Waals surface area contributed by atoms with Crippen molar-refractivity contribution in [1.82, 2.24) is 19.7 Å². The van der Waals surface area contributed by atoms with Gasteiger partial charge < -0.3 is 4.74 Å². The molecule has 4 aromatic rings. The number of ether oxygens (including phenoxy) is 1. The Morgan fingerprint density at radius 1 is 1.26 bits per heavy atom. The maximum Gasteiger partial charge on any atom is 0.260 e. The van der Waals surface area contributed by atoms with Crippen LogP contribution >= 0.6 is 11.6 Å². The summed E-state index contributed by atoms with van der Waals surface area (Å²) >= 11 is 6.41. The van der Waals surface area contributed by atoms with E-state index in [4.69, 9.17) is 16.3 Å². The minimum atomic E-state index is -0.252. The molecule has 1 amide bonds. The van der Waals surface area contributed by atoms with E-state index in [9.17, 15) is 10.1 Å². The number of aryl methyl sites for hydroxylation is 1. The zero-order chi connectivity index (χ0) is 24.1. The minimum Gasteiger partial charge on any atom is -0.372 e. The lowest BCUT2D eigenvalue weighted by molar-refractivity contribution is 0.0984. The second-order valence-corrected chi connectivity index (χ2v) is 9.35. The van der Waals surface area contributed by atoms with E-state index in [0.717, 1.165) is 46.1 Å². The first-order chi connectivity index (χ1) is 17.0. The Balaban J connectivity index is 1.39. The van der Waals surface area contributed by atoms with E-state index >= 15 is 0 Å². The van der Waals surface area contributed by atoms with Gasteiger partial charge in [-0.05, 0) is 42.2 Å². The van der Waals surface area contributed by atoms with Gasteiger partial charge in [0.05, 0.1) is 30.8 Å². The van der Waals surface area contributed by atoms with Crippen LogP contribution in [0, 0.1) is 11.3 Å². The fourth-order valence-electron chi connectivity index (χ4n) is 4.56. The molecule has 0 N–H and O–H groups in total. The molecule has 0 atom stereocenters. The van der Waals surface area contributed by atoms with Gasteiger partial charge in [0.1, 0.15) is 16.9 Å². The van der Waals surface area contributed by atoms with Crippen LogP contribution in [0.25, 0.3) is 10.9 Å². The lowest BCUT2D eigenvalue weighted by Gasteiger charge is -2.22. The Kier molecular flexibility index (Phi) is 5.24. The van der Waals surface area contributed by atoms with Gasteiger partial charge in [-0.2, -0.15) is 10.4 Å². The zero-order valence-electron chi connectivity index (χ0n) is 19.0. The predicted molar refractivity (Wildman–Crippen MR) is 130 cm³/mol. The van der Waals surface area contributed by atoms with Crippen molar-refractivity contribution in [2.45, 2.75) is 38.5 Å². The fraction of sp³-hybridized carbons (Fsp3) is 0.269. The molecule has 8 nitrogen and oxygen atoms in total. The quantitative estimate of drug-likeness (QED) is 0.383. The van der Waals surface area contributed by atoms with Crippen molar-refractivity contribution < 1.29 is 9.53 Å². The van der Waals surface area contributed by atoms with Gasteiger partial charge in [0.25, 0.3) is 5.91 Å². The molecule has 1 aliphatic carbocycles. The number of benzene rings is 1. The summed E-state index contributed by atoms with van der Waals surface area (Å²) in [6, 6.07) is 11.7. The highest BCUT2D eigenvalue weighted by Gasteiger charge is 2.27. The molecule has 1 fully saturated rings. The summed E-state index contributed by atoms with van der Waals surface area (Å²) in [5.41, 5.74) is 5.68. The van der Waals surface area contributed by atoms with Crippen LogP contribution < -0.4 is 4.90 Å². The SMILES string of the molecule is Cn1cc(N(Cc2ccc3c4c(c(Cl)nc3c2)COC4)C(=O)c2ccc(C3CC3)nc2)c(C#N)n1. The number of pyridine rings is 2. The second kappa shape index (κ2) is 8.45. The number of fused-ring (bicyclic) bond motifs is 3. The molecule has 35 heavy (non-hydrogen) atoms. The molecule has 0 bridgehead atoms. The molecule has 0 saturated heterocycles. The topological polar surface area (TPSA) is 96.9 Å². The summed E-state index contributed by atoms with van der Waals surface area (Å²) in [5, 5.41) is 15.3. The minimum absolute atomic E-state index is 0.181. The molecule has 0 spiro atoms. The van der Waals surface area contributed by atoms with E-state index in [1.807, 2.05) is 30.3 Å². The van der Waals surface area contributed by atoms with Gasteiger partial charge in [-0.15, -0.1) is 0 Å². The smallest absolute Gasteiger partial charge is 0.260 e. The van der Waals surface area contributed by atoms with Gasteiger partial charge in [-0.25, -0.2) is 4.98 Å². The van der Waals surface area contributed by atoms with Gasteiger partial charge in [-0.3, -0.25) is 19.4 Å². The number of nitrogens with zero attached hydrogens (tertiary/aromatic N) is 6. The number of rotatable bonds is 5. The third kappa shape index (κ3) is 3.93. The Hall–Kier alpha value is -3.80. The Morgan fingerprint density at radius 2 is 2.09 bits per heavy atom. The van der Waals surface area contributed by atoms with Gasteiger partial charge in [0, 0.05) is 42.0 Å². The van der Waals surface area contributed by atoms with Crippen molar-refractivity contribution in [1.29, 1.82) is 5.26 Å². The summed E-state index contributed by atoms with van der Waals surface area (Å²) in [4.78, 5) is 24.3. The van der Waals surface area contributed by atoms with Crippen LogP contribution in [0.2, 0.25) is 5.15 Å². The third-order valence-electron chi connectivity index (χ3n) is 6.53. The van der Waals surface area contributed by atoms with Crippen LogP contribution in [-0.2, 0) is 31.5 Å². The molecule has 3 aromatic heterocycles. The molecule has 0 radical (unpaired) electrons. The van der Waals surface area contributed by atoms with Gasteiger partial charge in [0.2, 0.25) is 0 Å². The number of carbonyl (C=O) groups excluding carboxylic acids is 1. The van der Waals surface area contributed by atoms with Crippen LogP contribution in [0.15, 0.2) is 42.7 Å². The van der Waals surface area contributed by atoms with Crippen molar-refractivity contribution in [3.8, 4) is 6.07 Å². The number of anilines is 1. The van der Waals surface area contributed by atoms with Crippen molar-refractivity contribution in [2.24, 2.45) is 7.05 Å². The highest BCUT2D eigenvalue weighted by atomic mass is 35.5. The normalized spacial score (nSPS) is 14.7. The molecule has 1 aromatic carbocycles. The van der Waals surface area contributed by atoms with Gasteiger partial charge >= 0.3 is 0 Å². The molecule has 174 valence electrons. The fourth-order valence-corrected chi connectivity index (χ4v) is 4.82. The van der Waals surface area contributed by atoms with Crippen molar-refractivity contribution in [2.75, 3.05) is 4.90 Å². The lowest BCUT2D eigenvalue weighted by Crippen LogP contribution is -2.31. The first kappa shape index (κ1) is 21.7. The van der Waals surface area contributed by atoms with Crippen LogP contribution in [0.4, 0.5) is 5.69 Å². The maximum atomic E-state index is 13.7.